The van der Waals surface area contributed by atoms with Gasteiger partial charge in [-0.1, -0.05) is 0 Å². The van der Waals surface area contributed by atoms with Crippen LogP contribution < -0.4 is 15.4 Å². The summed E-state index contributed by atoms with van der Waals surface area (Å²) in [7, 11) is 1.67. The maximum atomic E-state index is 5.76. The predicted octanol–water partition coefficient (Wildman–Crippen LogP) is 1.58. The Bertz CT molecular complexity index is 624. The fraction of sp³-hybridized carbons (Fsp3) is 0.438. The predicted molar refractivity (Wildman–Crippen MR) is 84.1 cm³/mol. The largest absolute Gasteiger partial charge is 0.497 e. The number of hydrogen-bond donors (Lipinski definition) is 1. The van der Waals surface area contributed by atoms with Gasteiger partial charge < -0.3 is 20.1 Å². The third-order valence-electron chi connectivity index (χ3n) is 3.81. The zero-order valence-electron chi connectivity index (χ0n) is 12.3. The van der Waals surface area contributed by atoms with Crippen LogP contribution in [-0.2, 0) is 11.2 Å². The summed E-state index contributed by atoms with van der Waals surface area (Å²) >= 11 is 0. The molecule has 0 radical (unpaired) electrons. The monoisotopic (exact) mass is 287 g/mol. The number of rotatable bonds is 4. The van der Waals surface area contributed by atoms with Crippen molar-refractivity contribution in [3.8, 4) is 5.75 Å². The highest BCUT2D eigenvalue weighted by Gasteiger charge is 2.17. The Hall–Kier alpha value is -1.85. The number of aromatic nitrogens is 1. The molecule has 21 heavy (non-hydrogen) atoms. The first-order valence-corrected chi connectivity index (χ1v) is 7.32. The number of hydrogen-bond acceptors (Lipinski definition) is 5. The Morgan fingerprint density at radius 3 is 2.81 bits per heavy atom. The van der Waals surface area contributed by atoms with E-state index in [1.807, 2.05) is 18.2 Å². The fourth-order valence-corrected chi connectivity index (χ4v) is 2.70. The van der Waals surface area contributed by atoms with E-state index in [-0.39, 0.29) is 0 Å². The van der Waals surface area contributed by atoms with Gasteiger partial charge in [0.05, 0.1) is 25.8 Å². The molecule has 1 fully saturated rings. The number of pyridine rings is 1. The van der Waals surface area contributed by atoms with Gasteiger partial charge in [-0.15, -0.1) is 0 Å². The van der Waals surface area contributed by atoms with Crippen molar-refractivity contribution in [2.75, 3.05) is 44.9 Å². The van der Waals surface area contributed by atoms with Gasteiger partial charge in [-0.25, -0.2) is 4.98 Å². The quantitative estimate of drug-likeness (QED) is 0.925. The second-order valence-electron chi connectivity index (χ2n) is 5.17. The van der Waals surface area contributed by atoms with Gasteiger partial charge in [0.15, 0.2) is 0 Å². The Balaban J connectivity index is 2.07. The molecule has 0 spiro atoms. The molecule has 2 aromatic rings. The third kappa shape index (κ3) is 2.94. The van der Waals surface area contributed by atoms with E-state index in [0.29, 0.717) is 6.54 Å². The van der Waals surface area contributed by atoms with Gasteiger partial charge in [0.1, 0.15) is 11.6 Å². The topological polar surface area (TPSA) is 60.6 Å². The summed E-state index contributed by atoms with van der Waals surface area (Å²) in [5.74, 6) is 1.86. The van der Waals surface area contributed by atoms with Crippen molar-refractivity contribution in [3.05, 3.63) is 29.8 Å². The van der Waals surface area contributed by atoms with Crippen molar-refractivity contribution in [3.63, 3.8) is 0 Å². The summed E-state index contributed by atoms with van der Waals surface area (Å²) in [6.07, 6.45) is 0.835. The summed E-state index contributed by atoms with van der Waals surface area (Å²) in [6, 6.07) is 8.18. The van der Waals surface area contributed by atoms with E-state index in [2.05, 4.69) is 11.0 Å². The van der Waals surface area contributed by atoms with Gasteiger partial charge in [0.25, 0.3) is 0 Å². The number of methoxy groups -OCH3 is 1. The Kier molecular flexibility index (Phi) is 4.22. The third-order valence-corrected chi connectivity index (χ3v) is 3.81. The lowest BCUT2D eigenvalue weighted by Crippen LogP contribution is -2.37. The van der Waals surface area contributed by atoms with Crippen molar-refractivity contribution in [2.24, 2.45) is 5.73 Å². The summed E-state index contributed by atoms with van der Waals surface area (Å²) in [4.78, 5) is 7.15. The lowest BCUT2D eigenvalue weighted by Gasteiger charge is -2.29. The van der Waals surface area contributed by atoms with E-state index in [9.17, 15) is 0 Å². The molecule has 2 N–H and O–H groups in total. The van der Waals surface area contributed by atoms with Crippen molar-refractivity contribution < 1.29 is 9.47 Å². The zero-order chi connectivity index (χ0) is 14.7. The average Bonchev–Trinajstić information content (AvgIpc) is 2.55. The Labute approximate surface area is 124 Å². The van der Waals surface area contributed by atoms with Gasteiger partial charge >= 0.3 is 0 Å². The van der Waals surface area contributed by atoms with Crippen LogP contribution in [0.25, 0.3) is 10.9 Å². The number of morpholine rings is 1. The molecule has 2 heterocycles. The van der Waals surface area contributed by atoms with Crippen molar-refractivity contribution in [1.29, 1.82) is 0 Å². The lowest BCUT2D eigenvalue weighted by atomic mass is 10.1. The number of anilines is 1. The van der Waals surface area contributed by atoms with Crippen molar-refractivity contribution >= 4 is 16.7 Å². The van der Waals surface area contributed by atoms with E-state index in [4.69, 9.17) is 20.2 Å². The summed E-state index contributed by atoms with van der Waals surface area (Å²) in [5.41, 5.74) is 7.92. The van der Waals surface area contributed by atoms with Crippen LogP contribution in [0.5, 0.6) is 5.75 Å². The molecule has 1 aromatic carbocycles. The number of nitrogens with two attached hydrogens (primary N) is 1. The van der Waals surface area contributed by atoms with E-state index >= 15 is 0 Å². The molecule has 1 saturated heterocycles. The standard InChI is InChI=1S/C16H21N3O2/c1-20-14-3-2-12-10-13(4-5-17)16(18-15(12)11-14)19-6-8-21-9-7-19/h2-3,10-11H,4-9,17H2,1H3. The highest BCUT2D eigenvalue weighted by Crippen LogP contribution is 2.27. The highest BCUT2D eigenvalue weighted by atomic mass is 16.5. The van der Waals surface area contributed by atoms with Gasteiger partial charge in [0.2, 0.25) is 0 Å². The molecule has 0 bridgehead atoms. The number of nitrogens with zero attached hydrogens (tertiary/aromatic N) is 2. The maximum Gasteiger partial charge on any atom is 0.132 e. The molecular formula is C16H21N3O2. The van der Waals surface area contributed by atoms with Crippen LogP contribution >= 0.6 is 0 Å². The molecular weight excluding hydrogens is 266 g/mol. The van der Waals surface area contributed by atoms with E-state index in [0.717, 1.165) is 55.2 Å². The normalized spacial score (nSPS) is 15.4. The van der Waals surface area contributed by atoms with Crippen LogP contribution in [0.4, 0.5) is 5.82 Å². The van der Waals surface area contributed by atoms with Crippen LogP contribution in [0.2, 0.25) is 0 Å². The SMILES string of the molecule is COc1ccc2cc(CCN)c(N3CCOCC3)nc2c1. The smallest absolute Gasteiger partial charge is 0.132 e. The molecule has 3 rings (SSSR count). The molecule has 0 saturated carbocycles. The molecule has 1 aromatic heterocycles. The molecule has 0 unspecified atom stereocenters. The molecule has 1 aliphatic heterocycles. The fourth-order valence-electron chi connectivity index (χ4n) is 2.70. The number of ether oxygens (including phenoxy) is 2. The van der Waals surface area contributed by atoms with E-state index < -0.39 is 0 Å². The highest BCUT2D eigenvalue weighted by molar-refractivity contribution is 5.83. The molecule has 112 valence electrons. The van der Waals surface area contributed by atoms with E-state index in [1.54, 1.807) is 7.11 Å². The summed E-state index contributed by atoms with van der Waals surface area (Å²) in [6.45, 7) is 3.88. The van der Waals surface area contributed by atoms with Gasteiger partial charge in [-0.2, -0.15) is 0 Å². The molecule has 0 atom stereocenters. The van der Waals surface area contributed by atoms with Gasteiger partial charge in [-0.05, 0) is 36.7 Å². The van der Waals surface area contributed by atoms with Crippen LogP contribution in [-0.4, -0.2) is 44.9 Å². The minimum Gasteiger partial charge on any atom is -0.497 e. The molecule has 0 amide bonds. The first-order valence-electron chi connectivity index (χ1n) is 7.32. The molecule has 5 heteroatoms. The van der Waals surface area contributed by atoms with Crippen LogP contribution in [0.3, 0.4) is 0 Å². The summed E-state index contributed by atoms with van der Waals surface area (Å²) < 4.78 is 10.7. The first kappa shape index (κ1) is 14.1. The van der Waals surface area contributed by atoms with Crippen molar-refractivity contribution in [1.82, 2.24) is 4.98 Å². The van der Waals surface area contributed by atoms with Gasteiger partial charge in [0, 0.05) is 24.5 Å². The lowest BCUT2D eigenvalue weighted by molar-refractivity contribution is 0.122. The maximum absolute atomic E-state index is 5.76. The van der Waals surface area contributed by atoms with Gasteiger partial charge in [-0.3, -0.25) is 0 Å². The molecule has 0 aliphatic carbocycles. The molecule has 1 aliphatic rings. The number of fused-ring (bicyclic) bond motifs is 1. The second kappa shape index (κ2) is 6.28. The van der Waals surface area contributed by atoms with Crippen LogP contribution in [0.15, 0.2) is 24.3 Å². The van der Waals surface area contributed by atoms with Crippen LogP contribution in [0.1, 0.15) is 5.56 Å². The second-order valence-corrected chi connectivity index (χ2v) is 5.17. The summed E-state index contributed by atoms with van der Waals surface area (Å²) in [5, 5.41) is 1.12. The molecule has 5 nitrogen and oxygen atoms in total. The number of benzene rings is 1. The zero-order valence-corrected chi connectivity index (χ0v) is 12.3. The minimum atomic E-state index is 0.626. The van der Waals surface area contributed by atoms with Crippen molar-refractivity contribution in [2.45, 2.75) is 6.42 Å². The Morgan fingerprint density at radius 1 is 1.29 bits per heavy atom. The van der Waals surface area contributed by atoms with Crippen LogP contribution in [0, 0.1) is 0 Å². The first-order chi connectivity index (χ1) is 10.3. The van der Waals surface area contributed by atoms with E-state index in [1.165, 1.54) is 5.56 Å². The average molecular weight is 287 g/mol. The minimum absolute atomic E-state index is 0.626. The Morgan fingerprint density at radius 2 is 2.10 bits per heavy atom.